The summed E-state index contributed by atoms with van der Waals surface area (Å²) in [7, 11) is 0. The van der Waals surface area contributed by atoms with Crippen molar-refractivity contribution in [3.8, 4) is 0 Å². The van der Waals surface area contributed by atoms with E-state index in [0.29, 0.717) is 0 Å². The Labute approximate surface area is 143 Å². The minimum atomic E-state index is 0.851. The normalized spacial score (nSPS) is 16.6. The molecule has 1 aromatic heterocycles. The summed E-state index contributed by atoms with van der Waals surface area (Å²) in [4.78, 5) is 2.71. The van der Waals surface area contributed by atoms with Gasteiger partial charge >= 0.3 is 0 Å². The zero-order chi connectivity index (χ0) is 16.1. The number of rotatable bonds is 4. The number of nitrogens with one attached hydrogen (secondary N) is 1. The Hall–Kier alpha value is -2.06. The van der Waals surface area contributed by atoms with Crippen molar-refractivity contribution in [1.82, 2.24) is 0 Å². The maximum absolute atomic E-state index is 4.00. The van der Waals surface area contributed by atoms with Crippen LogP contribution in [0.25, 0.3) is 6.08 Å². The van der Waals surface area contributed by atoms with Gasteiger partial charge in [0, 0.05) is 17.8 Å². The van der Waals surface area contributed by atoms with Gasteiger partial charge in [-0.25, -0.2) is 0 Å². The highest BCUT2D eigenvalue weighted by atomic mass is 32.1. The lowest BCUT2D eigenvalue weighted by Gasteiger charge is -2.10. The molecule has 2 heteroatoms. The Morgan fingerprint density at radius 1 is 1.09 bits per heavy atom. The van der Waals surface area contributed by atoms with E-state index >= 15 is 0 Å². The molecule has 1 aliphatic carbocycles. The molecule has 1 aliphatic rings. The van der Waals surface area contributed by atoms with Gasteiger partial charge in [0.1, 0.15) is 0 Å². The first-order chi connectivity index (χ1) is 11.3. The van der Waals surface area contributed by atoms with Gasteiger partial charge in [-0.3, -0.25) is 0 Å². The van der Waals surface area contributed by atoms with Crippen LogP contribution < -0.4 is 5.32 Å². The summed E-state index contributed by atoms with van der Waals surface area (Å²) in [6.07, 6.45) is 14.1. The Balaban J connectivity index is 1.86. The van der Waals surface area contributed by atoms with Crippen molar-refractivity contribution in [2.45, 2.75) is 32.7 Å². The van der Waals surface area contributed by atoms with Crippen LogP contribution in [-0.2, 0) is 19.4 Å². The third-order valence-corrected chi connectivity index (χ3v) is 5.37. The number of hydrogen-bond acceptors (Lipinski definition) is 2. The molecule has 0 radical (unpaired) electrons. The van der Waals surface area contributed by atoms with E-state index < -0.39 is 0 Å². The SMILES string of the molecule is C=Cc1sc2c(c1NCc1ccc(C)cc1)C/C=C\C/C=C\C2. The predicted molar refractivity (Wildman–Crippen MR) is 103 cm³/mol. The van der Waals surface area contributed by atoms with Crippen molar-refractivity contribution in [3.05, 3.63) is 81.6 Å². The number of allylic oxidation sites excluding steroid dienone is 4. The average molecular weight is 321 g/mol. The number of fused-ring (bicyclic) bond motifs is 1. The quantitative estimate of drug-likeness (QED) is 0.690. The van der Waals surface area contributed by atoms with Crippen LogP contribution in [0.3, 0.4) is 0 Å². The van der Waals surface area contributed by atoms with Gasteiger partial charge in [-0.1, -0.05) is 66.8 Å². The number of anilines is 1. The molecule has 23 heavy (non-hydrogen) atoms. The number of aryl methyl sites for hydroxylation is 1. The van der Waals surface area contributed by atoms with Crippen LogP contribution in [0, 0.1) is 6.92 Å². The maximum atomic E-state index is 4.00. The average Bonchev–Trinajstić information content (AvgIpc) is 2.94. The summed E-state index contributed by atoms with van der Waals surface area (Å²) in [6, 6.07) is 8.72. The van der Waals surface area contributed by atoms with Gasteiger partial charge in [-0.2, -0.15) is 0 Å². The molecule has 1 aromatic carbocycles. The first-order valence-electron chi connectivity index (χ1n) is 8.14. The fourth-order valence-corrected chi connectivity index (χ4v) is 3.95. The summed E-state index contributed by atoms with van der Waals surface area (Å²) < 4.78 is 0. The third kappa shape index (κ3) is 3.83. The lowest BCUT2D eigenvalue weighted by Crippen LogP contribution is -2.02. The first-order valence-corrected chi connectivity index (χ1v) is 8.96. The zero-order valence-corrected chi connectivity index (χ0v) is 14.5. The number of hydrogen-bond donors (Lipinski definition) is 1. The van der Waals surface area contributed by atoms with Crippen molar-refractivity contribution in [3.63, 3.8) is 0 Å². The van der Waals surface area contributed by atoms with Crippen molar-refractivity contribution < 1.29 is 0 Å². The van der Waals surface area contributed by atoms with Gasteiger partial charge in [0.2, 0.25) is 0 Å². The molecular weight excluding hydrogens is 298 g/mol. The molecule has 3 rings (SSSR count). The molecule has 0 unspecified atom stereocenters. The van der Waals surface area contributed by atoms with Gasteiger partial charge in [-0.15, -0.1) is 11.3 Å². The molecule has 0 aliphatic heterocycles. The number of thiophene rings is 1. The molecule has 118 valence electrons. The van der Waals surface area contributed by atoms with Crippen LogP contribution in [0.15, 0.2) is 55.1 Å². The van der Waals surface area contributed by atoms with E-state index in [9.17, 15) is 0 Å². The van der Waals surface area contributed by atoms with Crippen LogP contribution in [-0.4, -0.2) is 0 Å². The van der Waals surface area contributed by atoms with Gasteiger partial charge < -0.3 is 5.32 Å². The Bertz CT molecular complexity index is 732. The Kier molecular flexibility index (Phi) is 5.14. The van der Waals surface area contributed by atoms with E-state index in [-0.39, 0.29) is 0 Å². The van der Waals surface area contributed by atoms with E-state index in [2.05, 4.69) is 67.4 Å². The van der Waals surface area contributed by atoms with Gasteiger partial charge in [0.25, 0.3) is 0 Å². The lowest BCUT2D eigenvalue weighted by molar-refractivity contribution is 1.12. The molecule has 0 fully saturated rings. The van der Waals surface area contributed by atoms with Crippen molar-refractivity contribution in [2.75, 3.05) is 5.32 Å². The van der Waals surface area contributed by atoms with E-state index in [0.717, 1.165) is 25.8 Å². The Morgan fingerprint density at radius 2 is 1.83 bits per heavy atom. The summed E-state index contributed by atoms with van der Waals surface area (Å²) in [5, 5.41) is 3.66. The second kappa shape index (κ2) is 7.47. The molecule has 0 saturated carbocycles. The molecule has 0 atom stereocenters. The molecule has 0 bridgehead atoms. The van der Waals surface area contributed by atoms with E-state index in [1.807, 2.05) is 17.4 Å². The van der Waals surface area contributed by atoms with Gasteiger partial charge in [-0.05, 0) is 30.9 Å². The Morgan fingerprint density at radius 3 is 2.57 bits per heavy atom. The van der Waals surface area contributed by atoms with Crippen LogP contribution in [0.4, 0.5) is 5.69 Å². The van der Waals surface area contributed by atoms with Crippen molar-refractivity contribution in [2.24, 2.45) is 0 Å². The standard InChI is InChI=1S/C21H23NS/c1-3-19-21(22-15-17-13-11-16(2)12-14-17)18-9-7-5-4-6-8-10-20(18)23-19/h3,5-8,11-14,22H,1,4,9-10,15H2,2H3/b7-5-,8-6-. The van der Waals surface area contributed by atoms with Crippen molar-refractivity contribution in [1.29, 1.82) is 0 Å². The topological polar surface area (TPSA) is 12.0 Å². The fraction of sp³-hybridized carbons (Fsp3) is 0.238. The highest BCUT2D eigenvalue weighted by molar-refractivity contribution is 7.13. The van der Waals surface area contributed by atoms with Gasteiger partial charge in [0.05, 0.1) is 10.6 Å². The molecule has 0 spiro atoms. The minimum absolute atomic E-state index is 0.851. The van der Waals surface area contributed by atoms with Crippen LogP contribution in [0.5, 0.6) is 0 Å². The fourth-order valence-electron chi connectivity index (χ4n) is 2.81. The highest BCUT2D eigenvalue weighted by Gasteiger charge is 2.15. The van der Waals surface area contributed by atoms with Crippen LogP contribution in [0.2, 0.25) is 0 Å². The second-order valence-electron chi connectivity index (χ2n) is 5.87. The monoisotopic (exact) mass is 321 g/mol. The number of benzene rings is 1. The lowest BCUT2D eigenvalue weighted by atomic mass is 10.1. The third-order valence-electron chi connectivity index (χ3n) is 4.12. The smallest absolute Gasteiger partial charge is 0.0564 e. The summed E-state index contributed by atoms with van der Waals surface area (Å²) in [5.41, 5.74) is 5.30. The van der Waals surface area contributed by atoms with E-state index in [4.69, 9.17) is 0 Å². The molecule has 1 heterocycles. The summed E-state index contributed by atoms with van der Waals surface area (Å²) >= 11 is 1.87. The molecular formula is C21H23NS. The maximum Gasteiger partial charge on any atom is 0.0564 e. The van der Waals surface area contributed by atoms with Crippen LogP contribution in [0.1, 0.15) is 32.9 Å². The predicted octanol–water partition coefficient (Wildman–Crippen LogP) is 5.91. The molecule has 0 saturated heterocycles. The van der Waals surface area contributed by atoms with Gasteiger partial charge in [0.15, 0.2) is 0 Å². The summed E-state index contributed by atoms with van der Waals surface area (Å²) in [5.74, 6) is 0. The molecule has 2 aromatic rings. The van der Waals surface area contributed by atoms with Crippen LogP contribution >= 0.6 is 11.3 Å². The summed E-state index contributed by atoms with van der Waals surface area (Å²) in [6.45, 7) is 6.98. The highest BCUT2D eigenvalue weighted by Crippen LogP contribution is 2.36. The largest absolute Gasteiger partial charge is 0.380 e. The molecule has 1 nitrogen and oxygen atoms in total. The van der Waals surface area contributed by atoms with Crippen molar-refractivity contribution >= 4 is 23.1 Å². The second-order valence-corrected chi connectivity index (χ2v) is 7.01. The first kappa shape index (κ1) is 15.8. The zero-order valence-electron chi connectivity index (χ0n) is 13.6. The van der Waals surface area contributed by atoms with E-state index in [1.54, 1.807) is 0 Å². The van der Waals surface area contributed by atoms with E-state index in [1.165, 1.54) is 32.1 Å². The molecule has 0 amide bonds. The minimum Gasteiger partial charge on any atom is -0.380 e. The molecule has 1 N–H and O–H groups in total.